The number of carbonyl (C=O) groups excluding carboxylic acids is 1. The second-order valence-electron chi connectivity index (χ2n) is 5.67. The van der Waals surface area contributed by atoms with Crippen molar-refractivity contribution in [2.45, 2.75) is 18.7 Å². The smallest absolute Gasteiger partial charge is 0.243 e. The molecule has 0 atom stereocenters. The number of sulfonamides is 1. The molecule has 0 saturated heterocycles. The molecule has 0 aliphatic carbocycles. The fourth-order valence-corrected chi connectivity index (χ4v) is 3.69. The number of likely N-dealkylation sites (N-methyl/N-ethyl adjacent to an activating group) is 2. The average Bonchev–Trinajstić information content (AvgIpc) is 2.59. The van der Waals surface area contributed by atoms with E-state index in [1.807, 2.05) is 6.92 Å². The zero-order chi connectivity index (χ0) is 18.6. The van der Waals surface area contributed by atoms with Gasteiger partial charge in [-0.15, -0.1) is 0 Å². The Morgan fingerprint density at radius 3 is 2.12 bits per heavy atom. The zero-order valence-electron chi connectivity index (χ0n) is 14.4. The Morgan fingerprint density at radius 1 is 1.04 bits per heavy atom. The summed E-state index contributed by atoms with van der Waals surface area (Å²) in [5, 5.41) is 0. The summed E-state index contributed by atoms with van der Waals surface area (Å²) >= 11 is 0. The molecule has 0 unspecified atom stereocenters. The van der Waals surface area contributed by atoms with Crippen LogP contribution in [-0.4, -0.2) is 38.8 Å². The van der Waals surface area contributed by atoms with E-state index in [9.17, 15) is 17.6 Å². The topological polar surface area (TPSA) is 57.7 Å². The molecule has 0 saturated carbocycles. The van der Waals surface area contributed by atoms with Gasteiger partial charge >= 0.3 is 0 Å². The van der Waals surface area contributed by atoms with Gasteiger partial charge in [-0.2, -0.15) is 4.31 Å². The van der Waals surface area contributed by atoms with Crippen LogP contribution in [-0.2, 0) is 14.8 Å². The van der Waals surface area contributed by atoms with Gasteiger partial charge in [-0.1, -0.05) is 24.6 Å². The summed E-state index contributed by atoms with van der Waals surface area (Å²) in [6, 6.07) is 11.9. The quantitative estimate of drug-likeness (QED) is 0.792. The van der Waals surface area contributed by atoms with E-state index in [0.717, 1.165) is 9.87 Å². The van der Waals surface area contributed by atoms with E-state index < -0.39 is 21.7 Å². The van der Waals surface area contributed by atoms with E-state index in [0.29, 0.717) is 5.69 Å². The molecule has 7 heteroatoms. The van der Waals surface area contributed by atoms with Crippen molar-refractivity contribution in [2.75, 3.05) is 25.0 Å². The maximum Gasteiger partial charge on any atom is 0.243 e. The van der Waals surface area contributed by atoms with Gasteiger partial charge in [-0.25, -0.2) is 12.8 Å². The summed E-state index contributed by atoms with van der Waals surface area (Å²) in [7, 11) is -2.23. The Labute approximate surface area is 147 Å². The van der Waals surface area contributed by atoms with Gasteiger partial charge in [0.05, 0.1) is 11.4 Å². The van der Waals surface area contributed by atoms with Crippen molar-refractivity contribution in [1.29, 1.82) is 0 Å². The van der Waals surface area contributed by atoms with Gasteiger partial charge in [0.25, 0.3) is 0 Å². The number of benzene rings is 2. The molecule has 2 aromatic carbocycles. The molecule has 25 heavy (non-hydrogen) atoms. The van der Waals surface area contributed by atoms with Crippen molar-refractivity contribution in [3.05, 3.63) is 59.9 Å². The highest BCUT2D eigenvalue weighted by molar-refractivity contribution is 7.89. The number of amides is 1. The molecule has 2 rings (SSSR count). The lowest BCUT2D eigenvalue weighted by Crippen LogP contribution is -2.41. The fraction of sp³-hybridized carbons (Fsp3) is 0.278. The molecule has 2 aromatic rings. The molecular weight excluding hydrogens is 343 g/mol. The summed E-state index contributed by atoms with van der Waals surface area (Å²) in [4.78, 5) is 13.9. The number of rotatable bonds is 6. The largest absolute Gasteiger partial charge is 0.314 e. The third kappa shape index (κ3) is 4.43. The number of halogens is 1. The Bertz CT molecular complexity index is 834. The first-order valence-corrected chi connectivity index (χ1v) is 9.28. The molecular formula is C18H21FN2O3S. The van der Waals surface area contributed by atoms with E-state index in [1.165, 1.54) is 48.3 Å². The highest BCUT2D eigenvalue weighted by atomic mass is 32.2. The predicted octanol–water partition coefficient (Wildman–Crippen LogP) is 2.81. The minimum absolute atomic E-state index is 0.150. The molecule has 0 aromatic heterocycles. The Morgan fingerprint density at radius 2 is 1.60 bits per heavy atom. The van der Waals surface area contributed by atoms with Crippen LogP contribution < -0.4 is 4.90 Å². The van der Waals surface area contributed by atoms with Crippen LogP contribution in [0.5, 0.6) is 0 Å². The van der Waals surface area contributed by atoms with Crippen LogP contribution in [0.1, 0.15) is 12.5 Å². The molecule has 0 radical (unpaired) electrons. The van der Waals surface area contributed by atoms with Gasteiger partial charge in [0, 0.05) is 19.3 Å². The van der Waals surface area contributed by atoms with Gasteiger partial charge in [-0.3, -0.25) is 4.79 Å². The first-order chi connectivity index (χ1) is 11.8. The third-order valence-corrected chi connectivity index (χ3v) is 5.85. The van der Waals surface area contributed by atoms with Crippen LogP contribution in [0.2, 0.25) is 0 Å². The van der Waals surface area contributed by atoms with Crippen molar-refractivity contribution in [3.63, 3.8) is 0 Å². The van der Waals surface area contributed by atoms with Gasteiger partial charge < -0.3 is 4.90 Å². The SMILES string of the molecule is CCN(CC(=O)N(C)c1ccc(F)cc1)S(=O)(=O)c1ccc(C)cc1. The summed E-state index contributed by atoms with van der Waals surface area (Å²) in [5.41, 5.74) is 1.45. The van der Waals surface area contributed by atoms with Crippen molar-refractivity contribution in [3.8, 4) is 0 Å². The number of nitrogens with zero attached hydrogens (tertiary/aromatic N) is 2. The summed E-state index contributed by atoms with van der Waals surface area (Å²) < 4.78 is 39.6. The molecule has 0 N–H and O–H groups in total. The summed E-state index contributed by atoms with van der Waals surface area (Å²) in [6.45, 7) is 3.42. The van der Waals surface area contributed by atoms with Crippen molar-refractivity contribution < 1.29 is 17.6 Å². The van der Waals surface area contributed by atoms with Crippen LogP contribution in [0, 0.1) is 12.7 Å². The monoisotopic (exact) mass is 364 g/mol. The van der Waals surface area contributed by atoms with Crippen LogP contribution in [0.25, 0.3) is 0 Å². The van der Waals surface area contributed by atoms with Crippen molar-refractivity contribution in [1.82, 2.24) is 4.31 Å². The van der Waals surface area contributed by atoms with E-state index in [2.05, 4.69) is 0 Å². The Balaban J connectivity index is 2.19. The van der Waals surface area contributed by atoms with Gasteiger partial charge in [-0.05, 0) is 43.3 Å². The maximum atomic E-state index is 13.0. The number of hydrogen-bond acceptors (Lipinski definition) is 3. The molecule has 0 heterocycles. The van der Waals surface area contributed by atoms with E-state index in [4.69, 9.17) is 0 Å². The fourth-order valence-electron chi connectivity index (χ4n) is 2.29. The van der Waals surface area contributed by atoms with Gasteiger partial charge in [0.15, 0.2) is 0 Å². The third-order valence-electron chi connectivity index (χ3n) is 3.91. The van der Waals surface area contributed by atoms with Crippen LogP contribution in [0.15, 0.2) is 53.4 Å². The number of aryl methyl sites for hydroxylation is 1. The molecule has 0 aliphatic heterocycles. The second-order valence-corrected chi connectivity index (χ2v) is 7.61. The van der Waals surface area contributed by atoms with Crippen molar-refractivity contribution >= 4 is 21.6 Å². The lowest BCUT2D eigenvalue weighted by atomic mass is 10.2. The molecule has 134 valence electrons. The highest BCUT2D eigenvalue weighted by Gasteiger charge is 2.26. The van der Waals surface area contributed by atoms with Gasteiger partial charge in [0.2, 0.25) is 15.9 Å². The average molecular weight is 364 g/mol. The maximum absolute atomic E-state index is 13.0. The summed E-state index contributed by atoms with van der Waals surface area (Å²) in [6.07, 6.45) is 0. The minimum Gasteiger partial charge on any atom is -0.314 e. The number of hydrogen-bond donors (Lipinski definition) is 0. The Hall–Kier alpha value is -2.25. The zero-order valence-corrected chi connectivity index (χ0v) is 15.3. The molecule has 1 amide bonds. The van der Waals surface area contributed by atoms with Crippen LogP contribution in [0.3, 0.4) is 0 Å². The number of anilines is 1. The highest BCUT2D eigenvalue weighted by Crippen LogP contribution is 2.18. The lowest BCUT2D eigenvalue weighted by Gasteiger charge is -2.24. The summed E-state index contributed by atoms with van der Waals surface area (Å²) in [5.74, 6) is -0.800. The normalized spacial score (nSPS) is 11.6. The van der Waals surface area contributed by atoms with E-state index in [1.54, 1.807) is 19.1 Å². The van der Waals surface area contributed by atoms with E-state index in [-0.39, 0.29) is 18.0 Å². The molecule has 5 nitrogen and oxygen atoms in total. The first-order valence-electron chi connectivity index (χ1n) is 7.84. The van der Waals surface area contributed by atoms with Gasteiger partial charge in [0.1, 0.15) is 5.82 Å². The standard InChI is InChI=1S/C18H21FN2O3S/c1-4-21(25(23,24)17-11-5-14(2)6-12-17)13-18(22)20(3)16-9-7-15(19)8-10-16/h5-12H,4,13H2,1-3H3. The van der Waals surface area contributed by atoms with Crippen molar-refractivity contribution in [2.24, 2.45) is 0 Å². The molecule has 0 bridgehead atoms. The Kier molecular flexibility index (Phi) is 5.92. The molecule has 0 fully saturated rings. The molecule has 0 spiro atoms. The molecule has 0 aliphatic rings. The number of carbonyl (C=O) groups is 1. The van der Waals surface area contributed by atoms with Crippen LogP contribution >= 0.6 is 0 Å². The second kappa shape index (κ2) is 7.76. The predicted molar refractivity (Wildman–Crippen MR) is 95.4 cm³/mol. The lowest BCUT2D eigenvalue weighted by molar-refractivity contribution is -0.118. The minimum atomic E-state index is -3.76. The van der Waals surface area contributed by atoms with Crippen LogP contribution in [0.4, 0.5) is 10.1 Å². The first kappa shape index (κ1) is 19.1. The van der Waals surface area contributed by atoms with E-state index >= 15 is 0 Å².